The van der Waals surface area contributed by atoms with Crippen LogP contribution in [0.25, 0.3) is 6.08 Å². The summed E-state index contributed by atoms with van der Waals surface area (Å²) in [6.07, 6.45) is 6.55. The Morgan fingerprint density at radius 2 is 1.77 bits per heavy atom. The lowest BCUT2D eigenvalue weighted by Crippen LogP contribution is -2.62. The van der Waals surface area contributed by atoms with Crippen LogP contribution in [0.1, 0.15) is 74.5 Å². The van der Waals surface area contributed by atoms with Crippen LogP contribution in [0.2, 0.25) is 0 Å². The third-order valence-corrected chi connectivity index (χ3v) is 5.34. The molecule has 1 amide bonds. The Kier molecular flexibility index (Phi) is 7.68. The summed E-state index contributed by atoms with van der Waals surface area (Å²) >= 11 is 0. The smallest absolute Gasteiger partial charge is 0.410 e. The number of aldehydes is 1. The number of ether oxygens (including phenoxy) is 1. The van der Waals surface area contributed by atoms with Gasteiger partial charge in [0.05, 0.1) is 6.21 Å². The average molecular weight is 428 g/mol. The molecule has 0 N–H and O–H groups in total. The number of aryl methyl sites for hydroxylation is 1. The zero-order valence-electron chi connectivity index (χ0n) is 20.3. The minimum absolute atomic E-state index is 0.193. The van der Waals surface area contributed by atoms with Gasteiger partial charge in [0.2, 0.25) is 0 Å². The number of likely N-dealkylation sites (tertiary alicyclic amines) is 1. The van der Waals surface area contributed by atoms with Gasteiger partial charge in [-0.3, -0.25) is 4.79 Å². The Hall–Kier alpha value is -2.63. The summed E-state index contributed by atoms with van der Waals surface area (Å²) in [5.74, 6) is 0. The van der Waals surface area contributed by atoms with Crippen molar-refractivity contribution < 1.29 is 14.3 Å². The molecule has 1 saturated heterocycles. The van der Waals surface area contributed by atoms with Gasteiger partial charge in [0.15, 0.2) is 6.29 Å². The van der Waals surface area contributed by atoms with Gasteiger partial charge in [-0.2, -0.15) is 5.10 Å². The Bertz CT molecular complexity index is 863. The van der Waals surface area contributed by atoms with Crippen molar-refractivity contribution in [3.8, 4) is 0 Å². The van der Waals surface area contributed by atoms with Crippen LogP contribution in [0.15, 0.2) is 22.8 Å². The second-order valence-electron chi connectivity index (χ2n) is 9.50. The third-order valence-electron chi connectivity index (χ3n) is 5.34. The van der Waals surface area contributed by atoms with Crippen LogP contribution in [-0.2, 0) is 4.74 Å². The molecule has 0 bridgehead atoms. The summed E-state index contributed by atoms with van der Waals surface area (Å²) < 4.78 is 5.45. The monoisotopic (exact) mass is 427 g/mol. The Labute approximate surface area is 186 Å². The van der Waals surface area contributed by atoms with Crippen molar-refractivity contribution in [3.63, 3.8) is 0 Å². The highest BCUT2D eigenvalue weighted by Gasteiger charge is 2.52. The molecule has 0 atom stereocenters. The first-order chi connectivity index (χ1) is 14.5. The fourth-order valence-corrected chi connectivity index (χ4v) is 4.04. The second kappa shape index (κ2) is 9.67. The normalized spacial score (nSPS) is 16.8. The molecule has 1 aromatic rings. The second-order valence-corrected chi connectivity index (χ2v) is 9.50. The van der Waals surface area contributed by atoms with E-state index in [1.165, 1.54) is 5.57 Å². The first-order valence-electron chi connectivity index (χ1n) is 11.0. The lowest BCUT2D eigenvalue weighted by Gasteiger charge is -2.56. The number of benzene rings is 1. The van der Waals surface area contributed by atoms with Crippen LogP contribution in [-0.4, -0.2) is 61.3 Å². The van der Waals surface area contributed by atoms with E-state index in [0.29, 0.717) is 5.56 Å². The molecule has 0 unspecified atom stereocenters. The Morgan fingerprint density at radius 3 is 2.29 bits per heavy atom. The highest BCUT2D eigenvalue weighted by Crippen LogP contribution is 2.52. The van der Waals surface area contributed by atoms with Crippen LogP contribution in [0.5, 0.6) is 0 Å². The van der Waals surface area contributed by atoms with E-state index in [0.717, 1.165) is 48.9 Å². The van der Waals surface area contributed by atoms with Gasteiger partial charge < -0.3 is 14.6 Å². The van der Waals surface area contributed by atoms with Gasteiger partial charge in [-0.05, 0) is 51.7 Å². The molecule has 1 spiro atoms. The molecule has 3 rings (SSSR count). The summed E-state index contributed by atoms with van der Waals surface area (Å²) in [5, 5.41) is 6.05. The molecule has 0 aromatic heterocycles. The van der Waals surface area contributed by atoms with Gasteiger partial charge in [-0.25, -0.2) is 4.79 Å². The summed E-state index contributed by atoms with van der Waals surface area (Å²) in [6, 6.07) is 4.02. The van der Waals surface area contributed by atoms with E-state index in [-0.39, 0.29) is 11.5 Å². The van der Waals surface area contributed by atoms with Gasteiger partial charge in [-0.1, -0.05) is 37.6 Å². The molecule has 1 aromatic carbocycles. The quantitative estimate of drug-likeness (QED) is 0.379. The molecule has 1 aliphatic heterocycles. The zero-order chi connectivity index (χ0) is 23.4. The number of hydrogen-bond acceptors (Lipinski definition) is 5. The maximum absolute atomic E-state index is 12.2. The van der Waals surface area contributed by atoms with Crippen LogP contribution < -0.4 is 0 Å². The molecule has 0 radical (unpaired) electrons. The molecule has 2 fully saturated rings. The Morgan fingerprint density at radius 1 is 1.16 bits per heavy atom. The number of rotatable bonds is 4. The SMILES string of the molecule is CC.Cc1ccc(C=C2CC3(C2)CN(C(=O)OC(C)(C)C)C3)c(/C=N\N(C)C)c1C=O. The van der Waals surface area contributed by atoms with Gasteiger partial charge >= 0.3 is 6.09 Å². The van der Waals surface area contributed by atoms with Crippen LogP contribution in [0.3, 0.4) is 0 Å². The number of hydrazone groups is 1. The average Bonchev–Trinajstić information content (AvgIpc) is 2.62. The van der Waals surface area contributed by atoms with Gasteiger partial charge in [0, 0.05) is 43.7 Å². The number of hydrogen-bond donors (Lipinski definition) is 0. The van der Waals surface area contributed by atoms with E-state index >= 15 is 0 Å². The van der Waals surface area contributed by atoms with Crippen LogP contribution in [0.4, 0.5) is 4.79 Å². The van der Waals surface area contributed by atoms with Crippen LogP contribution in [0, 0.1) is 12.3 Å². The largest absolute Gasteiger partial charge is 0.444 e. The number of amides is 1. The van der Waals surface area contributed by atoms with Crippen molar-refractivity contribution in [3.05, 3.63) is 40.0 Å². The maximum Gasteiger partial charge on any atom is 0.410 e. The topological polar surface area (TPSA) is 62.2 Å². The van der Waals surface area contributed by atoms with E-state index in [4.69, 9.17) is 4.74 Å². The summed E-state index contributed by atoms with van der Waals surface area (Å²) in [6.45, 7) is 13.1. The summed E-state index contributed by atoms with van der Waals surface area (Å²) in [5.41, 5.74) is 4.56. The van der Waals surface area contributed by atoms with Crippen LogP contribution >= 0.6 is 0 Å². The molecule has 170 valence electrons. The van der Waals surface area contributed by atoms with Gasteiger partial charge in [-0.15, -0.1) is 0 Å². The van der Waals surface area contributed by atoms with Crippen molar-refractivity contribution in [1.29, 1.82) is 0 Å². The molecule has 6 nitrogen and oxygen atoms in total. The van der Waals surface area contributed by atoms with E-state index in [2.05, 4.69) is 11.2 Å². The molecule has 1 aliphatic carbocycles. The van der Waals surface area contributed by atoms with Crippen molar-refractivity contribution >= 4 is 24.7 Å². The molecular formula is C25H37N3O3. The molecule has 1 saturated carbocycles. The zero-order valence-corrected chi connectivity index (χ0v) is 20.3. The summed E-state index contributed by atoms with van der Waals surface area (Å²) in [7, 11) is 3.71. The number of allylic oxidation sites excluding steroid dienone is 1. The van der Waals surface area contributed by atoms with E-state index < -0.39 is 5.60 Å². The predicted molar refractivity (Wildman–Crippen MR) is 127 cm³/mol. The van der Waals surface area contributed by atoms with Crippen molar-refractivity contribution in [2.45, 2.75) is 60.0 Å². The Balaban J connectivity index is 0.00000166. The van der Waals surface area contributed by atoms with E-state index in [9.17, 15) is 9.59 Å². The van der Waals surface area contributed by atoms with Gasteiger partial charge in [0.25, 0.3) is 0 Å². The lowest BCUT2D eigenvalue weighted by molar-refractivity contribution is -0.0498. The molecular weight excluding hydrogens is 390 g/mol. The highest BCUT2D eigenvalue weighted by atomic mass is 16.6. The first-order valence-corrected chi connectivity index (χ1v) is 11.0. The highest BCUT2D eigenvalue weighted by molar-refractivity contribution is 5.97. The minimum Gasteiger partial charge on any atom is -0.444 e. The van der Waals surface area contributed by atoms with Crippen molar-refractivity contribution in [2.24, 2.45) is 10.5 Å². The minimum atomic E-state index is -0.462. The standard InChI is InChI=1S/C23H31N3O3.C2H6/c1-16-7-8-18(19(20(16)13-27)12-24-25(5)6)9-17-10-23(11-17)14-26(15-23)21(28)29-22(2,3)4;1-2/h7-9,12-13H,10-11,14-15H2,1-6H3;1-2H3/b24-12-;. The molecule has 31 heavy (non-hydrogen) atoms. The predicted octanol–water partition coefficient (Wildman–Crippen LogP) is 5.14. The maximum atomic E-state index is 12.2. The third kappa shape index (κ3) is 5.96. The fourth-order valence-electron chi connectivity index (χ4n) is 4.04. The van der Waals surface area contributed by atoms with Crippen molar-refractivity contribution in [2.75, 3.05) is 27.2 Å². The number of carbonyl (C=O) groups is 2. The summed E-state index contributed by atoms with van der Waals surface area (Å²) in [4.78, 5) is 25.6. The number of carbonyl (C=O) groups excluding carboxylic acids is 2. The van der Waals surface area contributed by atoms with E-state index in [1.54, 1.807) is 16.1 Å². The fraction of sp³-hybridized carbons (Fsp3) is 0.560. The molecule has 2 aliphatic rings. The van der Waals surface area contributed by atoms with Gasteiger partial charge in [0.1, 0.15) is 5.60 Å². The van der Waals surface area contributed by atoms with E-state index in [1.807, 2.05) is 67.8 Å². The molecule has 1 heterocycles. The molecule has 6 heteroatoms. The number of nitrogens with zero attached hydrogens (tertiary/aromatic N) is 3. The first kappa shape index (κ1) is 24.6. The lowest BCUT2D eigenvalue weighted by atomic mass is 9.60. The van der Waals surface area contributed by atoms with Crippen molar-refractivity contribution in [1.82, 2.24) is 9.91 Å².